The highest BCUT2D eigenvalue weighted by atomic mass is 16.6. The van der Waals surface area contributed by atoms with E-state index in [2.05, 4.69) is 33.6 Å². The Labute approximate surface area is 279 Å². The predicted molar refractivity (Wildman–Crippen MR) is 182 cm³/mol. The zero-order valence-electron chi connectivity index (χ0n) is 28.1. The molecular weight excluding hydrogens is 594 g/mol. The number of carbonyl (C=O) groups is 4. The van der Waals surface area contributed by atoms with E-state index < -0.39 is 17.7 Å². The van der Waals surface area contributed by atoms with Crippen LogP contribution in [0.4, 0.5) is 4.79 Å². The minimum Gasteiger partial charge on any atom is -0.444 e. The Morgan fingerprint density at radius 1 is 0.830 bits per heavy atom. The zero-order chi connectivity index (χ0) is 33.8. The minimum absolute atomic E-state index is 0.180. The van der Waals surface area contributed by atoms with Gasteiger partial charge in [0, 0.05) is 18.5 Å². The van der Waals surface area contributed by atoms with Crippen LogP contribution in [0.1, 0.15) is 83.3 Å². The molecule has 3 aliphatic rings. The second-order valence-electron chi connectivity index (χ2n) is 14.2. The van der Waals surface area contributed by atoms with Gasteiger partial charge in [-0.05, 0) is 108 Å². The van der Waals surface area contributed by atoms with Crippen molar-refractivity contribution in [3.8, 4) is 0 Å². The summed E-state index contributed by atoms with van der Waals surface area (Å²) in [6.07, 6.45) is 6.96. The number of hydrazine groups is 1. The summed E-state index contributed by atoms with van der Waals surface area (Å²) in [6, 6.07) is 19.0. The highest BCUT2D eigenvalue weighted by molar-refractivity contribution is 5.85. The van der Waals surface area contributed by atoms with Crippen LogP contribution in [0.5, 0.6) is 0 Å². The summed E-state index contributed by atoms with van der Waals surface area (Å²) in [5.74, 6) is -1.11. The molecule has 0 aromatic heterocycles. The lowest BCUT2D eigenvalue weighted by atomic mass is 9.61. The van der Waals surface area contributed by atoms with Crippen LogP contribution in [-0.4, -0.2) is 48.0 Å². The SMILES string of the molecule is CC(C)(C)OC(=O)NCCCC[C@H](NNC(=O)C(CCc1ccccc1)Cc1ccccc1)C(=O)NC1C2CCC(CC2)C1C(N)=O. The highest BCUT2D eigenvalue weighted by Crippen LogP contribution is 2.45. The molecule has 6 N–H and O–H groups in total. The first-order chi connectivity index (χ1) is 22.5. The second kappa shape index (κ2) is 17.3. The second-order valence-corrected chi connectivity index (χ2v) is 14.2. The minimum atomic E-state index is -0.735. The Hall–Kier alpha value is -3.92. The molecular formula is C37H53N5O5. The van der Waals surface area contributed by atoms with Gasteiger partial charge < -0.3 is 21.1 Å². The smallest absolute Gasteiger partial charge is 0.407 e. The summed E-state index contributed by atoms with van der Waals surface area (Å²) < 4.78 is 5.31. The molecule has 4 amide bonds. The number of hydrogen-bond donors (Lipinski definition) is 5. The molecule has 2 aromatic rings. The number of alkyl carbamates (subject to hydrolysis) is 1. The molecule has 2 aromatic carbocycles. The van der Waals surface area contributed by atoms with Crippen LogP contribution in [0.2, 0.25) is 0 Å². The lowest BCUT2D eigenvalue weighted by Crippen LogP contribution is -2.61. The molecule has 3 fully saturated rings. The number of carbonyl (C=O) groups excluding carboxylic acids is 4. The molecule has 0 aliphatic heterocycles. The first kappa shape index (κ1) is 35.9. The molecule has 10 heteroatoms. The fraction of sp³-hybridized carbons (Fsp3) is 0.568. The predicted octanol–water partition coefficient (Wildman–Crippen LogP) is 4.57. The van der Waals surface area contributed by atoms with E-state index in [9.17, 15) is 19.2 Å². The summed E-state index contributed by atoms with van der Waals surface area (Å²) in [5.41, 5.74) is 13.4. The molecule has 0 radical (unpaired) electrons. The van der Waals surface area contributed by atoms with Gasteiger partial charge in [0.25, 0.3) is 0 Å². The molecule has 256 valence electrons. The first-order valence-corrected chi connectivity index (χ1v) is 17.2. The molecule has 0 spiro atoms. The van der Waals surface area contributed by atoms with Crippen molar-refractivity contribution in [3.63, 3.8) is 0 Å². The Balaban J connectivity index is 1.40. The van der Waals surface area contributed by atoms with Gasteiger partial charge in [-0.3, -0.25) is 19.8 Å². The summed E-state index contributed by atoms with van der Waals surface area (Å²) >= 11 is 0. The molecule has 0 saturated heterocycles. The number of ether oxygens (including phenoxy) is 1. The van der Waals surface area contributed by atoms with Crippen LogP contribution in [0.25, 0.3) is 0 Å². The quantitative estimate of drug-likeness (QED) is 0.133. The number of unbranched alkanes of at least 4 members (excludes halogenated alkanes) is 1. The van der Waals surface area contributed by atoms with E-state index in [1.165, 1.54) is 0 Å². The third-order valence-electron chi connectivity index (χ3n) is 9.45. The third-order valence-corrected chi connectivity index (χ3v) is 9.45. The van der Waals surface area contributed by atoms with Gasteiger partial charge in [0.2, 0.25) is 17.7 Å². The van der Waals surface area contributed by atoms with Gasteiger partial charge in [-0.15, -0.1) is 0 Å². The van der Waals surface area contributed by atoms with E-state index in [0.717, 1.165) is 43.2 Å². The number of hydrogen-bond acceptors (Lipinski definition) is 6. The first-order valence-electron chi connectivity index (χ1n) is 17.2. The van der Waals surface area contributed by atoms with Crippen LogP contribution >= 0.6 is 0 Å². The van der Waals surface area contributed by atoms with E-state index in [1.54, 1.807) is 0 Å². The lowest BCUT2D eigenvalue weighted by Gasteiger charge is -2.47. The largest absolute Gasteiger partial charge is 0.444 e. The van der Waals surface area contributed by atoms with E-state index >= 15 is 0 Å². The number of rotatable bonds is 16. The van der Waals surface area contributed by atoms with E-state index in [1.807, 2.05) is 69.3 Å². The normalized spacial score (nSPS) is 21.7. The Morgan fingerprint density at radius 2 is 1.45 bits per heavy atom. The average Bonchev–Trinajstić information content (AvgIpc) is 3.04. The van der Waals surface area contributed by atoms with Crippen molar-refractivity contribution in [2.45, 2.75) is 103 Å². The van der Waals surface area contributed by atoms with Crippen molar-refractivity contribution < 1.29 is 23.9 Å². The van der Waals surface area contributed by atoms with Gasteiger partial charge >= 0.3 is 6.09 Å². The Morgan fingerprint density at radius 3 is 2.06 bits per heavy atom. The van der Waals surface area contributed by atoms with Crippen LogP contribution in [0, 0.1) is 23.7 Å². The number of nitrogens with two attached hydrogens (primary N) is 1. The van der Waals surface area contributed by atoms with Gasteiger partial charge in [-0.1, -0.05) is 60.7 Å². The van der Waals surface area contributed by atoms with Crippen LogP contribution < -0.4 is 27.2 Å². The maximum absolute atomic E-state index is 13.8. The molecule has 2 bridgehead atoms. The van der Waals surface area contributed by atoms with Crippen LogP contribution in [0.15, 0.2) is 60.7 Å². The van der Waals surface area contributed by atoms with Gasteiger partial charge in [0.05, 0.1) is 5.92 Å². The Bertz CT molecular complexity index is 1310. The molecule has 3 aliphatic carbocycles. The average molecular weight is 648 g/mol. The molecule has 0 heterocycles. The fourth-order valence-electron chi connectivity index (χ4n) is 7.05. The number of primary amides is 1. The maximum Gasteiger partial charge on any atom is 0.407 e. The van der Waals surface area contributed by atoms with E-state index in [4.69, 9.17) is 10.5 Å². The van der Waals surface area contributed by atoms with Crippen molar-refractivity contribution >= 4 is 23.8 Å². The number of amides is 4. The van der Waals surface area contributed by atoms with Crippen LogP contribution in [0.3, 0.4) is 0 Å². The third kappa shape index (κ3) is 11.4. The maximum atomic E-state index is 13.8. The van der Waals surface area contributed by atoms with Crippen molar-refractivity contribution in [2.75, 3.05) is 6.54 Å². The summed E-state index contributed by atoms with van der Waals surface area (Å²) in [4.78, 5) is 52.0. The van der Waals surface area contributed by atoms with Crippen molar-refractivity contribution in [1.29, 1.82) is 0 Å². The number of aryl methyl sites for hydroxylation is 1. The zero-order valence-corrected chi connectivity index (χ0v) is 28.1. The fourth-order valence-corrected chi connectivity index (χ4v) is 7.05. The summed E-state index contributed by atoms with van der Waals surface area (Å²) in [5, 5.41) is 5.92. The van der Waals surface area contributed by atoms with Crippen molar-refractivity contribution in [3.05, 3.63) is 71.8 Å². The van der Waals surface area contributed by atoms with Gasteiger partial charge in [-0.2, -0.15) is 0 Å². The van der Waals surface area contributed by atoms with Gasteiger partial charge in [0.15, 0.2) is 0 Å². The molecule has 47 heavy (non-hydrogen) atoms. The highest BCUT2D eigenvalue weighted by Gasteiger charge is 2.47. The number of benzene rings is 2. The molecule has 5 rings (SSSR count). The molecule has 3 unspecified atom stereocenters. The van der Waals surface area contributed by atoms with Gasteiger partial charge in [-0.25, -0.2) is 10.2 Å². The van der Waals surface area contributed by atoms with Gasteiger partial charge in [0.1, 0.15) is 11.6 Å². The lowest BCUT2D eigenvalue weighted by molar-refractivity contribution is -0.133. The van der Waals surface area contributed by atoms with E-state index in [0.29, 0.717) is 38.6 Å². The standard InChI is InChI=1S/C37H53N5O5/c1-37(2,3)47-36(46)39-23-11-10-16-30(35(45)40-32-28-21-19-27(20-22-28)31(32)33(38)43)41-42-34(44)29(24-26-14-8-5-9-15-26)18-17-25-12-6-4-7-13-25/h4-9,12-15,27-32,41H,10-11,16-24H2,1-3H3,(H2,38,43)(H,39,46)(H,40,45)(H,42,44)/t27?,28?,29?,30-,31?,32?/m0/s1. The molecule has 4 atom stereocenters. The van der Waals surface area contributed by atoms with Crippen molar-refractivity contribution in [1.82, 2.24) is 21.5 Å². The number of nitrogens with one attached hydrogen (secondary N) is 4. The Kier molecular flexibility index (Phi) is 13.2. The molecule has 3 saturated carbocycles. The monoisotopic (exact) mass is 647 g/mol. The van der Waals surface area contributed by atoms with Crippen molar-refractivity contribution in [2.24, 2.45) is 29.4 Å². The molecule has 10 nitrogen and oxygen atoms in total. The summed E-state index contributed by atoms with van der Waals surface area (Å²) in [7, 11) is 0. The summed E-state index contributed by atoms with van der Waals surface area (Å²) in [6.45, 7) is 5.82. The van der Waals surface area contributed by atoms with E-state index in [-0.39, 0.29) is 47.4 Å². The topological polar surface area (TPSA) is 152 Å². The number of fused-ring (bicyclic) bond motifs is 3. The van der Waals surface area contributed by atoms with Crippen LogP contribution in [-0.2, 0) is 32.0 Å².